The number of hydrogen-bond donors (Lipinski definition) is 2. The molecule has 0 radical (unpaired) electrons. The maximum Gasteiger partial charge on any atom is 0.101 e. The van der Waals surface area contributed by atoms with Crippen LogP contribution in [0.4, 0.5) is 0 Å². The zero-order valence-electron chi connectivity index (χ0n) is 9.93. The molecule has 1 atom stereocenters. The molecule has 96 valence electrons. The van der Waals surface area contributed by atoms with Gasteiger partial charge in [-0.25, -0.2) is 0 Å². The van der Waals surface area contributed by atoms with Gasteiger partial charge in [0, 0.05) is 29.1 Å². The van der Waals surface area contributed by atoms with Crippen LogP contribution in [0, 0.1) is 0 Å². The molecule has 2 N–H and O–H groups in total. The molecule has 2 aromatic rings. The highest BCUT2D eigenvalue weighted by Gasteiger charge is 2.24. The molecule has 0 spiro atoms. The smallest absolute Gasteiger partial charge is 0.101 e. The Morgan fingerprint density at radius 1 is 1.44 bits per heavy atom. The number of aliphatic hydroxyl groups is 1. The summed E-state index contributed by atoms with van der Waals surface area (Å²) in [4.78, 5) is 0. The van der Waals surface area contributed by atoms with Gasteiger partial charge in [0.2, 0.25) is 0 Å². The summed E-state index contributed by atoms with van der Waals surface area (Å²) in [5.74, 6) is 0. The molecule has 2 rings (SSSR count). The molecule has 4 nitrogen and oxygen atoms in total. The quantitative estimate of drug-likeness (QED) is 0.883. The van der Waals surface area contributed by atoms with Crippen molar-refractivity contribution in [3.8, 4) is 0 Å². The van der Waals surface area contributed by atoms with Crippen molar-refractivity contribution < 1.29 is 5.11 Å². The minimum absolute atomic E-state index is 0.397. The van der Waals surface area contributed by atoms with Crippen LogP contribution in [-0.2, 0) is 12.1 Å². The summed E-state index contributed by atoms with van der Waals surface area (Å²) in [6.07, 6.45) is 0. The third kappa shape index (κ3) is 3.26. The predicted molar refractivity (Wildman–Crippen MR) is 72.6 cm³/mol. The summed E-state index contributed by atoms with van der Waals surface area (Å²) in [5.41, 5.74) is 0.576. The van der Waals surface area contributed by atoms with Crippen LogP contribution in [0.25, 0.3) is 0 Å². The molecule has 0 amide bonds. The Balaban J connectivity index is 1.97. The lowest BCUT2D eigenvalue weighted by molar-refractivity contribution is 0.0567. The molecule has 1 heterocycles. The average molecular weight is 284 g/mol. The summed E-state index contributed by atoms with van der Waals surface area (Å²) >= 11 is 7.39. The van der Waals surface area contributed by atoms with Crippen LogP contribution in [0.1, 0.15) is 18.2 Å². The normalized spacial score (nSPS) is 14.4. The molecule has 1 aromatic carbocycles. The molecule has 0 aliphatic heterocycles. The zero-order valence-corrected chi connectivity index (χ0v) is 11.5. The minimum atomic E-state index is -1.01. The summed E-state index contributed by atoms with van der Waals surface area (Å²) in [6, 6.07) is 7.31. The van der Waals surface area contributed by atoms with Gasteiger partial charge in [-0.1, -0.05) is 34.3 Å². The Morgan fingerprint density at radius 3 is 2.89 bits per heavy atom. The molecule has 0 fully saturated rings. The van der Waals surface area contributed by atoms with Gasteiger partial charge in [-0.3, -0.25) is 0 Å². The Labute approximate surface area is 115 Å². The van der Waals surface area contributed by atoms with Gasteiger partial charge in [-0.2, -0.15) is 0 Å². The number of benzene rings is 1. The number of halogens is 1. The fraction of sp³-hybridized carbons (Fsp3) is 0.333. The van der Waals surface area contributed by atoms with Crippen molar-refractivity contribution in [2.45, 2.75) is 19.1 Å². The van der Waals surface area contributed by atoms with E-state index >= 15 is 0 Å². The lowest BCUT2D eigenvalue weighted by atomic mass is 9.96. The molecule has 0 aliphatic carbocycles. The number of nitrogens with one attached hydrogen (secondary N) is 1. The fourth-order valence-electron chi connectivity index (χ4n) is 1.69. The zero-order chi connectivity index (χ0) is 13.0. The molecule has 0 aliphatic rings. The first kappa shape index (κ1) is 13.4. The second-order valence-corrected chi connectivity index (χ2v) is 5.27. The van der Waals surface area contributed by atoms with Gasteiger partial charge in [0.1, 0.15) is 5.60 Å². The van der Waals surface area contributed by atoms with E-state index in [4.69, 9.17) is 11.6 Å². The van der Waals surface area contributed by atoms with Crippen molar-refractivity contribution in [3.05, 3.63) is 45.9 Å². The fourth-order valence-corrected chi connectivity index (χ4v) is 2.48. The molecule has 18 heavy (non-hydrogen) atoms. The van der Waals surface area contributed by atoms with Crippen molar-refractivity contribution in [2.24, 2.45) is 0 Å². The van der Waals surface area contributed by atoms with Crippen LogP contribution in [0.5, 0.6) is 0 Å². The second-order valence-electron chi connectivity index (χ2n) is 4.25. The molecule has 0 saturated carbocycles. The molecular formula is C12H14ClN3OS. The third-order valence-corrected chi connectivity index (χ3v) is 3.52. The topological polar surface area (TPSA) is 58.0 Å². The van der Waals surface area contributed by atoms with Crippen LogP contribution < -0.4 is 5.32 Å². The molecule has 6 heteroatoms. The van der Waals surface area contributed by atoms with Gasteiger partial charge in [0.05, 0.1) is 5.69 Å². The van der Waals surface area contributed by atoms with E-state index < -0.39 is 5.60 Å². The second kappa shape index (κ2) is 5.75. The van der Waals surface area contributed by atoms with Gasteiger partial charge in [-0.05, 0) is 24.5 Å². The molecule has 0 saturated heterocycles. The van der Waals surface area contributed by atoms with Gasteiger partial charge in [0.15, 0.2) is 0 Å². The highest BCUT2D eigenvalue weighted by molar-refractivity contribution is 7.03. The van der Waals surface area contributed by atoms with Crippen LogP contribution in [0.2, 0.25) is 5.02 Å². The summed E-state index contributed by atoms with van der Waals surface area (Å²) in [6.45, 7) is 2.71. The van der Waals surface area contributed by atoms with Crippen LogP contribution in [0.3, 0.4) is 0 Å². The van der Waals surface area contributed by atoms with Crippen molar-refractivity contribution >= 4 is 23.1 Å². The monoisotopic (exact) mass is 283 g/mol. The third-order valence-electron chi connectivity index (χ3n) is 2.63. The number of rotatable bonds is 5. The van der Waals surface area contributed by atoms with E-state index in [1.54, 1.807) is 13.0 Å². The minimum Gasteiger partial charge on any atom is -0.384 e. The first-order valence-corrected chi connectivity index (χ1v) is 6.75. The molecule has 0 bridgehead atoms. The molecular weight excluding hydrogens is 270 g/mol. The maximum absolute atomic E-state index is 10.4. The van der Waals surface area contributed by atoms with Crippen molar-refractivity contribution in [3.63, 3.8) is 0 Å². The van der Waals surface area contributed by atoms with E-state index in [0.29, 0.717) is 18.1 Å². The Kier molecular flexibility index (Phi) is 4.29. The molecule has 1 aromatic heterocycles. The number of hydrogen-bond acceptors (Lipinski definition) is 5. The van der Waals surface area contributed by atoms with E-state index in [0.717, 1.165) is 11.3 Å². The van der Waals surface area contributed by atoms with Gasteiger partial charge >= 0.3 is 0 Å². The summed E-state index contributed by atoms with van der Waals surface area (Å²) < 4.78 is 3.78. The van der Waals surface area contributed by atoms with Crippen LogP contribution in [0.15, 0.2) is 29.6 Å². The van der Waals surface area contributed by atoms with Crippen molar-refractivity contribution in [1.29, 1.82) is 0 Å². The van der Waals surface area contributed by atoms with E-state index in [2.05, 4.69) is 14.9 Å². The number of nitrogens with zero attached hydrogens (tertiary/aromatic N) is 2. The van der Waals surface area contributed by atoms with E-state index in [-0.39, 0.29) is 0 Å². The highest BCUT2D eigenvalue weighted by atomic mass is 35.5. The lowest BCUT2D eigenvalue weighted by Crippen LogP contribution is -2.35. The number of aromatic nitrogens is 2. The maximum atomic E-state index is 10.4. The first-order valence-electron chi connectivity index (χ1n) is 5.53. The van der Waals surface area contributed by atoms with E-state index in [1.807, 2.05) is 23.6 Å². The molecule has 1 unspecified atom stereocenters. The Hall–Kier alpha value is -1.01. The Bertz CT molecular complexity index is 502. The largest absolute Gasteiger partial charge is 0.384 e. The summed E-state index contributed by atoms with van der Waals surface area (Å²) in [7, 11) is 0. The van der Waals surface area contributed by atoms with Gasteiger partial charge in [-0.15, -0.1) is 5.10 Å². The van der Waals surface area contributed by atoms with E-state index in [1.165, 1.54) is 11.5 Å². The summed E-state index contributed by atoms with van der Waals surface area (Å²) in [5, 5.41) is 19.9. The Morgan fingerprint density at radius 2 is 2.22 bits per heavy atom. The SMILES string of the molecule is CC(O)(CNCc1csnn1)c1ccccc1Cl. The van der Waals surface area contributed by atoms with Crippen LogP contribution in [-0.4, -0.2) is 21.2 Å². The van der Waals surface area contributed by atoms with Gasteiger partial charge < -0.3 is 10.4 Å². The van der Waals surface area contributed by atoms with Crippen molar-refractivity contribution in [2.75, 3.05) is 6.54 Å². The van der Waals surface area contributed by atoms with Crippen molar-refractivity contribution in [1.82, 2.24) is 14.9 Å². The van der Waals surface area contributed by atoms with E-state index in [9.17, 15) is 5.11 Å². The predicted octanol–water partition coefficient (Wildman–Crippen LogP) is 2.19. The lowest BCUT2D eigenvalue weighted by Gasteiger charge is -2.25. The highest BCUT2D eigenvalue weighted by Crippen LogP contribution is 2.27. The van der Waals surface area contributed by atoms with Gasteiger partial charge in [0.25, 0.3) is 0 Å². The average Bonchev–Trinajstić information content (AvgIpc) is 2.82. The first-order chi connectivity index (χ1) is 8.59. The standard InChI is InChI=1S/C12H14ClN3OS/c1-12(17,10-4-2-3-5-11(10)13)8-14-6-9-7-18-16-15-9/h2-5,7,14,17H,6,8H2,1H3. The van der Waals surface area contributed by atoms with Crippen LogP contribution >= 0.6 is 23.1 Å².